The summed E-state index contributed by atoms with van der Waals surface area (Å²) in [5.74, 6) is -0.459. The molecule has 0 aromatic heterocycles. The lowest BCUT2D eigenvalue weighted by molar-refractivity contribution is -0.123. The van der Waals surface area contributed by atoms with Crippen molar-refractivity contribution in [3.8, 4) is 0 Å². The minimum atomic E-state index is -0.699. The lowest BCUT2D eigenvalue weighted by Gasteiger charge is -2.36. The van der Waals surface area contributed by atoms with Crippen LogP contribution in [-0.4, -0.2) is 30.1 Å². The number of hydrogen-bond acceptors (Lipinski definition) is 3. The first-order valence-electron chi connectivity index (χ1n) is 6.56. The quantitative estimate of drug-likeness (QED) is 0.873. The van der Waals surface area contributed by atoms with Crippen LogP contribution in [-0.2, 0) is 4.79 Å². The molecule has 19 heavy (non-hydrogen) atoms. The van der Waals surface area contributed by atoms with Crippen LogP contribution < -0.4 is 10.2 Å². The van der Waals surface area contributed by atoms with Gasteiger partial charge >= 0.3 is 0 Å². The number of nitrogens with zero attached hydrogens (tertiary/aromatic N) is 1. The van der Waals surface area contributed by atoms with E-state index in [1.165, 1.54) is 6.07 Å². The number of aliphatic hydroxyl groups is 1. The van der Waals surface area contributed by atoms with Crippen LogP contribution in [0.15, 0.2) is 18.2 Å². The Kier molecular flexibility index (Phi) is 4.04. The molecule has 0 spiro atoms. The molecule has 1 aromatic rings. The van der Waals surface area contributed by atoms with Crippen LogP contribution in [0.1, 0.15) is 31.9 Å². The number of halogens is 1. The number of anilines is 1. The van der Waals surface area contributed by atoms with Crippen LogP contribution in [0.4, 0.5) is 10.1 Å². The van der Waals surface area contributed by atoms with Crippen molar-refractivity contribution in [2.24, 2.45) is 0 Å². The van der Waals surface area contributed by atoms with Crippen LogP contribution in [0.2, 0.25) is 0 Å². The number of piperazine rings is 1. The van der Waals surface area contributed by atoms with Crippen LogP contribution in [0.5, 0.6) is 0 Å². The predicted molar refractivity (Wildman–Crippen MR) is 71.5 cm³/mol. The number of carbonyl (C=O) groups excluding carboxylic acids is 1. The minimum Gasteiger partial charge on any atom is -0.389 e. The smallest absolute Gasteiger partial charge is 0.242 e. The summed E-state index contributed by atoms with van der Waals surface area (Å²) in [7, 11) is 0. The maximum absolute atomic E-state index is 14.1. The molecule has 1 heterocycles. The standard InChI is InChI=1S/C14H19FN2O2/c1-3-12-14(19)16-6-7-17(12)13-5-4-10(9(2)18)8-11(13)15/h4-5,8-9,12,18H,3,6-7H2,1-2H3,(H,16,19)/t9-,12?/m0/s1. The molecule has 0 aliphatic carbocycles. The van der Waals surface area contributed by atoms with Gasteiger partial charge in [-0.2, -0.15) is 0 Å². The molecule has 1 aliphatic rings. The van der Waals surface area contributed by atoms with Gasteiger partial charge in [0.25, 0.3) is 0 Å². The van der Waals surface area contributed by atoms with E-state index in [1.807, 2.05) is 6.92 Å². The molecule has 2 N–H and O–H groups in total. The largest absolute Gasteiger partial charge is 0.389 e. The van der Waals surface area contributed by atoms with Crippen molar-refractivity contribution in [1.29, 1.82) is 0 Å². The average molecular weight is 266 g/mol. The number of benzene rings is 1. The highest BCUT2D eigenvalue weighted by Gasteiger charge is 2.29. The third kappa shape index (κ3) is 2.71. The Balaban J connectivity index is 2.32. The zero-order chi connectivity index (χ0) is 14.0. The van der Waals surface area contributed by atoms with Gasteiger partial charge in [-0.1, -0.05) is 13.0 Å². The maximum Gasteiger partial charge on any atom is 0.242 e. The van der Waals surface area contributed by atoms with Gasteiger partial charge < -0.3 is 15.3 Å². The van der Waals surface area contributed by atoms with Crippen LogP contribution in [0.3, 0.4) is 0 Å². The van der Waals surface area contributed by atoms with E-state index in [-0.39, 0.29) is 11.9 Å². The van der Waals surface area contributed by atoms with Gasteiger partial charge in [0.1, 0.15) is 11.9 Å². The molecule has 104 valence electrons. The van der Waals surface area contributed by atoms with Gasteiger partial charge in [0.05, 0.1) is 11.8 Å². The van der Waals surface area contributed by atoms with E-state index in [0.29, 0.717) is 30.8 Å². The Morgan fingerprint density at radius 3 is 2.89 bits per heavy atom. The van der Waals surface area contributed by atoms with Crippen molar-refractivity contribution >= 4 is 11.6 Å². The van der Waals surface area contributed by atoms with Gasteiger partial charge in [-0.15, -0.1) is 0 Å². The second-order valence-corrected chi connectivity index (χ2v) is 4.80. The van der Waals surface area contributed by atoms with Crippen molar-refractivity contribution in [2.45, 2.75) is 32.4 Å². The molecule has 1 amide bonds. The number of hydrogen-bond donors (Lipinski definition) is 2. The molecular formula is C14H19FN2O2. The minimum absolute atomic E-state index is 0.0623. The fourth-order valence-corrected chi connectivity index (χ4v) is 2.42. The van der Waals surface area contributed by atoms with Crippen LogP contribution >= 0.6 is 0 Å². The fourth-order valence-electron chi connectivity index (χ4n) is 2.42. The van der Waals surface area contributed by atoms with Crippen molar-refractivity contribution in [2.75, 3.05) is 18.0 Å². The first-order valence-corrected chi connectivity index (χ1v) is 6.56. The van der Waals surface area contributed by atoms with Crippen molar-refractivity contribution in [3.05, 3.63) is 29.6 Å². The SMILES string of the molecule is CCC1C(=O)NCCN1c1ccc([C@H](C)O)cc1F. The average Bonchev–Trinajstić information content (AvgIpc) is 2.38. The highest BCUT2D eigenvalue weighted by atomic mass is 19.1. The van der Waals surface area contributed by atoms with E-state index >= 15 is 0 Å². The summed E-state index contributed by atoms with van der Waals surface area (Å²) < 4.78 is 14.1. The third-order valence-electron chi connectivity index (χ3n) is 3.48. The Hall–Kier alpha value is -1.62. The Labute approximate surface area is 112 Å². The molecule has 0 radical (unpaired) electrons. The van der Waals surface area contributed by atoms with Gasteiger partial charge in [0.15, 0.2) is 0 Å². The summed E-state index contributed by atoms with van der Waals surface area (Å²) in [6, 6.07) is 4.33. The number of rotatable bonds is 3. The van der Waals surface area contributed by atoms with E-state index in [1.54, 1.807) is 24.0 Å². The van der Waals surface area contributed by atoms with Gasteiger partial charge in [0.2, 0.25) is 5.91 Å². The first-order chi connectivity index (χ1) is 9.04. The molecule has 1 aromatic carbocycles. The number of carbonyl (C=O) groups is 1. The summed E-state index contributed by atoms with van der Waals surface area (Å²) in [5.41, 5.74) is 0.960. The molecule has 2 rings (SSSR count). The van der Waals surface area contributed by atoms with Crippen molar-refractivity contribution < 1.29 is 14.3 Å². The zero-order valence-electron chi connectivity index (χ0n) is 11.2. The lowest BCUT2D eigenvalue weighted by atomic mass is 10.1. The summed E-state index contributed by atoms with van der Waals surface area (Å²) in [6.45, 7) is 4.62. The van der Waals surface area contributed by atoms with Crippen molar-refractivity contribution in [1.82, 2.24) is 5.32 Å². The maximum atomic E-state index is 14.1. The zero-order valence-corrected chi connectivity index (χ0v) is 11.2. The monoisotopic (exact) mass is 266 g/mol. The Morgan fingerprint density at radius 2 is 2.32 bits per heavy atom. The number of nitrogens with one attached hydrogen (secondary N) is 1. The highest BCUT2D eigenvalue weighted by Crippen LogP contribution is 2.26. The summed E-state index contributed by atoms with van der Waals surface area (Å²) >= 11 is 0. The molecular weight excluding hydrogens is 247 g/mol. The van der Waals surface area contributed by atoms with Gasteiger partial charge in [-0.05, 0) is 31.0 Å². The predicted octanol–water partition coefficient (Wildman–Crippen LogP) is 1.59. The molecule has 1 fully saturated rings. The number of aliphatic hydroxyl groups excluding tert-OH is 1. The second kappa shape index (κ2) is 5.57. The van der Waals surface area contributed by atoms with Gasteiger partial charge in [0, 0.05) is 13.1 Å². The summed E-state index contributed by atoms with van der Waals surface area (Å²) in [6.07, 6.45) is -0.0705. The van der Waals surface area contributed by atoms with E-state index in [0.717, 1.165) is 0 Å². The highest BCUT2D eigenvalue weighted by molar-refractivity contribution is 5.86. The normalized spacial score (nSPS) is 21.2. The molecule has 1 saturated heterocycles. The lowest BCUT2D eigenvalue weighted by Crippen LogP contribution is -2.55. The molecule has 4 nitrogen and oxygen atoms in total. The Bertz CT molecular complexity index is 477. The molecule has 5 heteroatoms. The van der Waals surface area contributed by atoms with Crippen LogP contribution in [0, 0.1) is 5.82 Å². The number of amides is 1. The van der Waals surface area contributed by atoms with E-state index in [9.17, 15) is 14.3 Å². The van der Waals surface area contributed by atoms with E-state index in [4.69, 9.17) is 0 Å². The van der Waals surface area contributed by atoms with Gasteiger partial charge in [-0.25, -0.2) is 4.39 Å². The topological polar surface area (TPSA) is 52.6 Å². The van der Waals surface area contributed by atoms with E-state index < -0.39 is 11.9 Å². The third-order valence-corrected chi connectivity index (χ3v) is 3.48. The molecule has 0 saturated carbocycles. The molecule has 2 atom stereocenters. The molecule has 0 bridgehead atoms. The van der Waals surface area contributed by atoms with Crippen LogP contribution in [0.25, 0.3) is 0 Å². The summed E-state index contributed by atoms with van der Waals surface area (Å²) in [5, 5.41) is 12.2. The van der Waals surface area contributed by atoms with Gasteiger partial charge in [-0.3, -0.25) is 4.79 Å². The van der Waals surface area contributed by atoms with Crippen molar-refractivity contribution in [3.63, 3.8) is 0 Å². The summed E-state index contributed by atoms with van der Waals surface area (Å²) in [4.78, 5) is 13.6. The second-order valence-electron chi connectivity index (χ2n) is 4.80. The van der Waals surface area contributed by atoms with E-state index in [2.05, 4.69) is 5.32 Å². The fraction of sp³-hybridized carbons (Fsp3) is 0.500. The first kappa shape index (κ1) is 13.8. The Morgan fingerprint density at radius 1 is 1.58 bits per heavy atom. The molecule has 1 aliphatic heterocycles. The molecule has 1 unspecified atom stereocenters.